The zero-order valence-electron chi connectivity index (χ0n) is 14.1. The molecule has 0 aliphatic rings. The van der Waals surface area contributed by atoms with Crippen LogP contribution in [0.5, 0.6) is 5.75 Å². The predicted octanol–water partition coefficient (Wildman–Crippen LogP) is 3.78. The van der Waals surface area contributed by atoms with Crippen LogP contribution in [0.4, 0.5) is 24.5 Å². The van der Waals surface area contributed by atoms with E-state index in [0.29, 0.717) is 24.7 Å². The van der Waals surface area contributed by atoms with Crippen LogP contribution in [0.3, 0.4) is 0 Å². The quantitative estimate of drug-likeness (QED) is 0.696. The van der Waals surface area contributed by atoms with Gasteiger partial charge in [-0.05, 0) is 30.3 Å². The van der Waals surface area contributed by atoms with E-state index in [1.807, 2.05) is 0 Å². The van der Waals surface area contributed by atoms with Gasteiger partial charge in [-0.3, -0.25) is 4.79 Å². The average Bonchev–Trinajstić information content (AvgIpc) is 2.60. The molecule has 0 fully saturated rings. The molecule has 140 valence electrons. The molecule has 0 heterocycles. The molecule has 0 unspecified atom stereocenters. The van der Waals surface area contributed by atoms with Crippen LogP contribution < -0.4 is 15.4 Å². The van der Waals surface area contributed by atoms with Gasteiger partial charge in [0.05, 0.1) is 18.7 Å². The Bertz CT molecular complexity index is 736. The van der Waals surface area contributed by atoms with Crippen molar-refractivity contribution >= 4 is 17.3 Å². The predicted molar refractivity (Wildman–Crippen MR) is 92.4 cm³/mol. The molecule has 0 saturated heterocycles. The number of carbonyl (C=O) groups is 1. The lowest BCUT2D eigenvalue weighted by Gasteiger charge is -2.11. The Balaban J connectivity index is 1.88. The molecule has 0 radical (unpaired) electrons. The summed E-state index contributed by atoms with van der Waals surface area (Å²) in [5.41, 5.74) is -0.0359. The Morgan fingerprint density at radius 1 is 1.04 bits per heavy atom. The first-order valence-electron chi connectivity index (χ1n) is 7.81. The van der Waals surface area contributed by atoms with Crippen molar-refractivity contribution in [2.75, 3.05) is 37.5 Å². The lowest BCUT2D eigenvalue weighted by atomic mass is 10.2. The molecular weight excluding hydrogens is 349 g/mol. The number of hydrogen-bond donors (Lipinski definition) is 2. The average molecular weight is 368 g/mol. The fourth-order valence-electron chi connectivity index (χ4n) is 2.10. The van der Waals surface area contributed by atoms with Crippen LogP contribution in [0.25, 0.3) is 0 Å². The first kappa shape index (κ1) is 19.6. The molecule has 2 aromatic carbocycles. The zero-order chi connectivity index (χ0) is 19.0. The van der Waals surface area contributed by atoms with E-state index in [1.165, 1.54) is 12.1 Å². The standard InChI is InChI=1S/C18H19F3N2O3/c1-25-8-9-26-16-7-3-6-15(11-16)23-17(24)12-22-14-5-2-4-13(10-14)18(19,20)21/h2-7,10-11,22H,8-9,12H2,1H3,(H,23,24). The molecular formula is C18H19F3N2O3. The van der Waals surface area contributed by atoms with Gasteiger partial charge < -0.3 is 20.1 Å². The third kappa shape index (κ3) is 6.29. The Hall–Kier alpha value is -2.74. The highest BCUT2D eigenvalue weighted by Gasteiger charge is 2.30. The molecule has 0 aromatic heterocycles. The van der Waals surface area contributed by atoms with Gasteiger partial charge in [0.25, 0.3) is 0 Å². The molecule has 1 amide bonds. The van der Waals surface area contributed by atoms with Crippen molar-refractivity contribution in [3.05, 3.63) is 54.1 Å². The van der Waals surface area contributed by atoms with E-state index >= 15 is 0 Å². The Morgan fingerprint density at radius 2 is 1.77 bits per heavy atom. The third-order valence-corrected chi connectivity index (χ3v) is 3.32. The Labute approximate surface area is 149 Å². The topological polar surface area (TPSA) is 59.6 Å². The minimum Gasteiger partial charge on any atom is -0.491 e. The van der Waals surface area contributed by atoms with Gasteiger partial charge in [-0.25, -0.2) is 0 Å². The largest absolute Gasteiger partial charge is 0.491 e. The van der Waals surface area contributed by atoms with Gasteiger partial charge >= 0.3 is 6.18 Å². The zero-order valence-corrected chi connectivity index (χ0v) is 14.1. The molecule has 2 aromatic rings. The van der Waals surface area contributed by atoms with Crippen LogP contribution in [0.2, 0.25) is 0 Å². The van der Waals surface area contributed by atoms with Crippen LogP contribution in [0.15, 0.2) is 48.5 Å². The van der Waals surface area contributed by atoms with Gasteiger partial charge in [-0.15, -0.1) is 0 Å². The molecule has 8 heteroatoms. The fraction of sp³-hybridized carbons (Fsp3) is 0.278. The number of ether oxygens (including phenoxy) is 2. The molecule has 0 aliphatic carbocycles. The summed E-state index contributed by atoms with van der Waals surface area (Å²) in [6.07, 6.45) is -4.43. The number of amides is 1. The van der Waals surface area contributed by atoms with Crippen molar-refractivity contribution in [2.24, 2.45) is 0 Å². The van der Waals surface area contributed by atoms with E-state index in [4.69, 9.17) is 9.47 Å². The number of halogens is 3. The lowest BCUT2D eigenvalue weighted by molar-refractivity contribution is -0.137. The lowest BCUT2D eigenvalue weighted by Crippen LogP contribution is -2.22. The summed E-state index contributed by atoms with van der Waals surface area (Å²) >= 11 is 0. The van der Waals surface area contributed by atoms with Crippen molar-refractivity contribution in [3.8, 4) is 5.75 Å². The summed E-state index contributed by atoms with van der Waals surface area (Å²) in [5.74, 6) is 0.183. The number of anilines is 2. The van der Waals surface area contributed by atoms with Crippen molar-refractivity contribution in [2.45, 2.75) is 6.18 Å². The Morgan fingerprint density at radius 3 is 2.50 bits per heavy atom. The van der Waals surface area contributed by atoms with Crippen molar-refractivity contribution in [1.82, 2.24) is 0 Å². The molecule has 0 saturated carbocycles. The van der Waals surface area contributed by atoms with Gasteiger partial charge in [-0.2, -0.15) is 13.2 Å². The second kappa shape index (κ2) is 9.10. The molecule has 5 nitrogen and oxygen atoms in total. The number of nitrogens with one attached hydrogen (secondary N) is 2. The molecule has 0 atom stereocenters. The highest BCUT2D eigenvalue weighted by Crippen LogP contribution is 2.30. The fourth-order valence-corrected chi connectivity index (χ4v) is 2.10. The third-order valence-electron chi connectivity index (χ3n) is 3.32. The number of benzene rings is 2. The monoisotopic (exact) mass is 368 g/mol. The maximum atomic E-state index is 12.7. The SMILES string of the molecule is COCCOc1cccc(NC(=O)CNc2cccc(C(F)(F)F)c2)c1. The van der Waals surface area contributed by atoms with Crippen LogP contribution >= 0.6 is 0 Å². The van der Waals surface area contributed by atoms with Crippen LogP contribution in [0, 0.1) is 0 Å². The Kier molecular flexibility index (Phi) is 6.85. The number of hydrogen-bond acceptors (Lipinski definition) is 4. The molecule has 0 aliphatic heterocycles. The molecule has 26 heavy (non-hydrogen) atoms. The summed E-state index contributed by atoms with van der Waals surface area (Å²) in [6, 6.07) is 11.5. The maximum Gasteiger partial charge on any atom is 0.416 e. The number of carbonyl (C=O) groups excluding carboxylic acids is 1. The maximum absolute atomic E-state index is 12.7. The molecule has 0 spiro atoms. The van der Waals surface area contributed by atoms with Crippen molar-refractivity contribution < 1.29 is 27.4 Å². The second-order valence-corrected chi connectivity index (χ2v) is 5.35. The van der Waals surface area contributed by atoms with E-state index < -0.39 is 17.6 Å². The first-order valence-corrected chi connectivity index (χ1v) is 7.81. The van der Waals surface area contributed by atoms with E-state index in [9.17, 15) is 18.0 Å². The summed E-state index contributed by atoms with van der Waals surface area (Å²) in [4.78, 5) is 12.0. The summed E-state index contributed by atoms with van der Waals surface area (Å²) in [5, 5.41) is 5.33. The van der Waals surface area contributed by atoms with Crippen LogP contribution in [-0.4, -0.2) is 32.8 Å². The van der Waals surface area contributed by atoms with E-state index in [2.05, 4.69) is 10.6 Å². The van der Waals surface area contributed by atoms with E-state index in [-0.39, 0.29) is 12.2 Å². The van der Waals surface area contributed by atoms with Gasteiger partial charge in [-0.1, -0.05) is 12.1 Å². The number of rotatable bonds is 8. The second-order valence-electron chi connectivity index (χ2n) is 5.35. The summed E-state index contributed by atoms with van der Waals surface area (Å²) < 4.78 is 48.4. The van der Waals surface area contributed by atoms with Crippen molar-refractivity contribution in [1.29, 1.82) is 0 Å². The summed E-state index contributed by atoms with van der Waals surface area (Å²) in [6.45, 7) is 0.651. The number of methoxy groups -OCH3 is 1. The van der Waals surface area contributed by atoms with Crippen LogP contribution in [-0.2, 0) is 15.7 Å². The minimum atomic E-state index is -4.43. The highest BCUT2D eigenvalue weighted by molar-refractivity contribution is 5.93. The first-order chi connectivity index (χ1) is 12.4. The molecule has 2 N–H and O–H groups in total. The van der Waals surface area contributed by atoms with Crippen LogP contribution in [0.1, 0.15) is 5.56 Å². The van der Waals surface area contributed by atoms with Gasteiger partial charge in [0.1, 0.15) is 12.4 Å². The van der Waals surface area contributed by atoms with Gasteiger partial charge in [0, 0.05) is 24.6 Å². The van der Waals surface area contributed by atoms with Gasteiger partial charge in [0.15, 0.2) is 0 Å². The summed E-state index contributed by atoms with van der Waals surface area (Å²) in [7, 11) is 1.57. The normalized spacial score (nSPS) is 11.1. The molecule has 0 bridgehead atoms. The van der Waals surface area contributed by atoms with E-state index in [0.717, 1.165) is 12.1 Å². The molecule has 2 rings (SSSR count). The van der Waals surface area contributed by atoms with E-state index in [1.54, 1.807) is 31.4 Å². The smallest absolute Gasteiger partial charge is 0.416 e. The van der Waals surface area contributed by atoms with Gasteiger partial charge in [0.2, 0.25) is 5.91 Å². The van der Waals surface area contributed by atoms with Crippen molar-refractivity contribution in [3.63, 3.8) is 0 Å². The number of alkyl halides is 3. The minimum absolute atomic E-state index is 0.171. The highest BCUT2D eigenvalue weighted by atomic mass is 19.4.